The lowest BCUT2D eigenvalue weighted by atomic mass is 10.1. The van der Waals surface area contributed by atoms with E-state index in [9.17, 15) is 24.5 Å². The number of carbonyl (C=O) groups excluding carboxylic acids is 3. The normalized spacial score (nSPS) is 14.8. The Hall–Kier alpha value is -4.01. The van der Waals surface area contributed by atoms with Crippen LogP contribution in [0.4, 0.5) is 16.2 Å². The molecular formula is C20H18N4O5. The minimum absolute atomic E-state index is 0.0588. The van der Waals surface area contributed by atoms with Crippen molar-refractivity contribution in [2.75, 3.05) is 11.9 Å². The van der Waals surface area contributed by atoms with Crippen molar-refractivity contribution in [3.8, 4) is 0 Å². The first-order chi connectivity index (χ1) is 13.7. The number of anilines is 1. The Labute approximate surface area is 166 Å². The number of nitrogens with one attached hydrogen (secondary N) is 2. The molecule has 2 aromatic rings. The van der Waals surface area contributed by atoms with E-state index in [0.717, 1.165) is 10.5 Å². The number of nitro groups is 1. The SMILES string of the molecule is Cc1cccc(NC(=O)CN2C(=O)N/C(=C/c3ccc(C)c([N+](=O)[O-])c3)C2=O)c1. The molecule has 0 spiro atoms. The highest BCUT2D eigenvalue weighted by atomic mass is 16.6. The van der Waals surface area contributed by atoms with Gasteiger partial charge in [-0.05, 0) is 43.2 Å². The fourth-order valence-electron chi connectivity index (χ4n) is 2.86. The molecule has 9 nitrogen and oxygen atoms in total. The van der Waals surface area contributed by atoms with Gasteiger partial charge in [-0.2, -0.15) is 0 Å². The molecule has 2 aromatic carbocycles. The molecule has 0 aliphatic carbocycles. The van der Waals surface area contributed by atoms with Crippen LogP contribution in [0.1, 0.15) is 16.7 Å². The van der Waals surface area contributed by atoms with E-state index in [4.69, 9.17) is 0 Å². The summed E-state index contributed by atoms with van der Waals surface area (Å²) in [6.07, 6.45) is 1.34. The third kappa shape index (κ3) is 4.46. The summed E-state index contributed by atoms with van der Waals surface area (Å²) in [5.74, 6) is -1.20. The molecule has 1 saturated heterocycles. The van der Waals surface area contributed by atoms with Gasteiger partial charge >= 0.3 is 6.03 Å². The zero-order valence-electron chi connectivity index (χ0n) is 15.8. The van der Waals surface area contributed by atoms with Crippen LogP contribution in [0.2, 0.25) is 0 Å². The highest BCUT2D eigenvalue weighted by molar-refractivity contribution is 6.15. The van der Waals surface area contributed by atoms with Crippen molar-refractivity contribution in [1.82, 2.24) is 10.2 Å². The largest absolute Gasteiger partial charge is 0.329 e. The first kappa shape index (κ1) is 19.7. The fraction of sp³-hybridized carbons (Fsp3) is 0.150. The van der Waals surface area contributed by atoms with Gasteiger partial charge in [-0.1, -0.05) is 24.3 Å². The summed E-state index contributed by atoms with van der Waals surface area (Å²) in [6.45, 7) is 3.02. The second-order valence-corrected chi connectivity index (χ2v) is 6.60. The van der Waals surface area contributed by atoms with Crippen LogP contribution in [0.5, 0.6) is 0 Å². The molecule has 148 valence electrons. The number of benzene rings is 2. The van der Waals surface area contributed by atoms with Crippen LogP contribution in [0.3, 0.4) is 0 Å². The Balaban J connectivity index is 1.74. The van der Waals surface area contributed by atoms with Crippen LogP contribution in [-0.2, 0) is 9.59 Å². The molecule has 1 aliphatic rings. The zero-order chi connectivity index (χ0) is 21.1. The van der Waals surface area contributed by atoms with Gasteiger partial charge in [0.2, 0.25) is 5.91 Å². The predicted octanol–water partition coefficient (Wildman–Crippen LogP) is 2.74. The molecule has 0 bridgehead atoms. The van der Waals surface area contributed by atoms with Crippen molar-refractivity contribution in [3.05, 3.63) is 75.0 Å². The summed E-state index contributed by atoms with van der Waals surface area (Å²) in [5.41, 5.74) is 2.23. The Morgan fingerprint density at radius 3 is 2.66 bits per heavy atom. The van der Waals surface area contributed by atoms with Crippen LogP contribution in [0.25, 0.3) is 6.08 Å². The van der Waals surface area contributed by atoms with Gasteiger partial charge in [-0.25, -0.2) is 9.69 Å². The van der Waals surface area contributed by atoms with E-state index in [1.54, 1.807) is 37.3 Å². The molecule has 0 radical (unpaired) electrons. The summed E-state index contributed by atoms with van der Waals surface area (Å²) in [5, 5.41) is 16.1. The number of aryl methyl sites for hydroxylation is 2. The number of nitrogens with zero attached hydrogens (tertiary/aromatic N) is 2. The quantitative estimate of drug-likeness (QED) is 0.349. The number of urea groups is 1. The monoisotopic (exact) mass is 394 g/mol. The van der Waals surface area contributed by atoms with Gasteiger partial charge in [-0.15, -0.1) is 0 Å². The molecule has 9 heteroatoms. The first-order valence-corrected chi connectivity index (χ1v) is 8.70. The minimum atomic E-state index is -0.734. The Bertz CT molecular complexity index is 1060. The van der Waals surface area contributed by atoms with Gasteiger partial charge in [0.05, 0.1) is 4.92 Å². The fourth-order valence-corrected chi connectivity index (χ4v) is 2.86. The van der Waals surface area contributed by atoms with Crippen LogP contribution in [0.15, 0.2) is 48.2 Å². The maximum Gasteiger partial charge on any atom is 0.329 e. The van der Waals surface area contributed by atoms with E-state index in [1.807, 2.05) is 13.0 Å². The summed E-state index contributed by atoms with van der Waals surface area (Å²) in [6, 6.07) is 10.9. The molecule has 0 unspecified atom stereocenters. The average molecular weight is 394 g/mol. The molecule has 1 aliphatic heterocycles. The molecule has 2 N–H and O–H groups in total. The van der Waals surface area contributed by atoms with Crippen molar-refractivity contribution in [1.29, 1.82) is 0 Å². The predicted molar refractivity (Wildman–Crippen MR) is 106 cm³/mol. The van der Waals surface area contributed by atoms with Crippen molar-refractivity contribution in [2.45, 2.75) is 13.8 Å². The number of rotatable bonds is 5. The molecule has 4 amide bonds. The summed E-state index contributed by atoms with van der Waals surface area (Å²) < 4.78 is 0. The van der Waals surface area contributed by atoms with Crippen LogP contribution in [-0.4, -0.2) is 34.2 Å². The number of hydrogen-bond donors (Lipinski definition) is 2. The van der Waals surface area contributed by atoms with Gasteiger partial charge in [0.25, 0.3) is 11.6 Å². The van der Waals surface area contributed by atoms with Gasteiger partial charge in [0, 0.05) is 17.3 Å². The second-order valence-electron chi connectivity index (χ2n) is 6.60. The van der Waals surface area contributed by atoms with E-state index < -0.39 is 29.3 Å². The van der Waals surface area contributed by atoms with E-state index in [0.29, 0.717) is 16.8 Å². The Morgan fingerprint density at radius 2 is 1.97 bits per heavy atom. The average Bonchev–Trinajstić information content (AvgIpc) is 2.90. The topological polar surface area (TPSA) is 122 Å². The van der Waals surface area contributed by atoms with Crippen LogP contribution < -0.4 is 10.6 Å². The maximum absolute atomic E-state index is 12.5. The number of carbonyl (C=O) groups is 3. The smallest absolute Gasteiger partial charge is 0.325 e. The molecule has 0 atom stereocenters. The van der Waals surface area contributed by atoms with Crippen LogP contribution in [0, 0.1) is 24.0 Å². The van der Waals surface area contributed by atoms with Crippen molar-refractivity contribution in [3.63, 3.8) is 0 Å². The van der Waals surface area contributed by atoms with Gasteiger partial charge in [0.15, 0.2) is 0 Å². The Morgan fingerprint density at radius 1 is 1.21 bits per heavy atom. The molecule has 1 fully saturated rings. The molecule has 0 aromatic heterocycles. The highest BCUT2D eigenvalue weighted by Crippen LogP contribution is 2.22. The van der Waals surface area contributed by atoms with Gasteiger partial charge < -0.3 is 10.6 Å². The lowest BCUT2D eigenvalue weighted by Gasteiger charge is -2.12. The lowest BCUT2D eigenvalue weighted by Crippen LogP contribution is -2.38. The Kier molecular flexibility index (Phi) is 5.40. The number of imide groups is 1. The molecule has 3 rings (SSSR count). The van der Waals surface area contributed by atoms with Crippen molar-refractivity contribution < 1.29 is 19.3 Å². The summed E-state index contributed by atoms with van der Waals surface area (Å²) in [7, 11) is 0. The maximum atomic E-state index is 12.5. The molecule has 29 heavy (non-hydrogen) atoms. The first-order valence-electron chi connectivity index (χ1n) is 8.70. The second kappa shape index (κ2) is 7.93. The molecule has 1 heterocycles. The third-order valence-corrected chi connectivity index (χ3v) is 4.31. The standard InChI is InChI=1S/C20H18N4O5/c1-12-4-3-5-15(8-12)21-18(25)11-23-19(26)16(22-20(23)27)9-14-7-6-13(2)17(10-14)24(28)29/h3-10H,11H2,1-2H3,(H,21,25)(H,22,27)/b16-9+. The summed E-state index contributed by atoms with van der Waals surface area (Å²) in [4.78, 5) is 48.2. The van der Waals surface area contributed by atoms with Crippen molar-refractivity contribution >= 4 is 35.3 Å². The van der Waals surface area contributed by atoms with Crippen molar-refractivity contribution in [2.24, 2.45) is 0 Å². The van der Waals surface area contributed by atoms with E-state index in [1.165, 1.54) is 12.1 Å². The van der Waals surface area contributed by atoms with Crippen LogP contribution >= 0.6 is 0 Å². The van der Waals surface area contributed by atoms with E-state index in [2.05, 4.69) is 10.6 Å². The molecule has 0 saturated carbocycles. The zero-order valence-corrected chi connectivity index (χ0v) is 15.8. The van der Waals surface area contributed by atoms with E-state index in [-0.39, 0.29) is 11.4 Å². The minimum Gasteiger partial charge on any atom is -0.325 e. The van der Waals surface area contributed by atoms with Gasteiger partial charge in [0.1, 0.15) is 12.2 Å². The summed E-state index contributed by atoms with van der Waals surface area (Å²) >= 11 is 0. The lowest BCUT2D eigenvalue weighted by molar-refractivity contribution is -0.385. The molecular weight excluding hydrogens is 376 g/mol. The third-order valence-electron chi connectivity index (χ3n) is 4.31. The van der Waals surface area contributed by atoms with E-state index >= 15 is 0 Å². The number of hydrogen-bond acceptors (Lipinski definition) is 5. The van der Waals surface area contributed by atoms with Gasteiger partial charge in [-0.3, -0.25) is 19.7 Å². The number of nitro benzene ring substituents is 1. The highest BCUT2D eigenvalue weighted by Gasteiger charge is 2.35. The number of amides is 4.